The van der Waals surface area contributed by atoms with E-state index in [2.05, 4.69) is 44.2 Å². The fourth-order valence-corrected chi connectivity index (χ4v) is 3.83. The Balaban J connectivity index is 0.000000880. The highest BCUT2D eigenvalue weighted by Gasteiger charge is 2.27. The molecule has 0 saturated heterocycles. The third kappa shape index (κ3) is 3.28. The Morgan fingerprint density at radius 1 is 1.12 bits per heavy atom. The number of aromatic nitrogens is 1. The largest absolute Gasteiger partial charge is 0.419 e. The van der Waals surface area contributed by atoms with Crippen LogP contribution in [-0.2, 0) is 13.0 Å². The summed E-state index contributed by atoms with van der Waals surface area (Å²) in [7, 11) is 0. The molecule has 0 spiro atoms. The van der Waals surface area contributed by atoms with Crippen LogP contribution in [0.5, 0.6) is 0 Å². The number of nitrogens with zero attached hydrogens (tertiary/aromatic N) is 1. The third-order valence-corrected chi connectivity index (χ3v) is 4.97. The Morgan fingerprint density at radius 3 is 2.52 bits per heavy atom. The lowest BCUT2D eigenvalue weighted by atomic mass is 9.82. The first-order valence-electron chi connectivity index (χ1n) is 9.33. The van der Waals surface area contributed by atoms with Gasteiger partial charge in [0.1, 0.15) is 0 Å². The van der Waals surface area contributed by atoms with Crippen LogP contribution < -0.4 is 5.76 Å². The van der Waals surface area contributed by atoms with E-state index < -0.39 is 0 Å². The summed E-state index contributed by atoms with van der Waals surface area (Å²) in [5, 5.41) is 0. The number of aryl methyl sites for hydroxylation is 1. The average Bonchev–Trinajstić information content (AvgIpc) is 2.94. The maximum absolute atomic E-state index is 12.1. The molecule has 132 valence electrons. The van der Waals surface area contributed by atoms with Gasteiger partial charge in [0.05, 0.1) is 5.52 Å². The zero-order valence-corrected chi connectivity index (χ0v) is 15.6. The van der Waals surface area contributed by atoms with Crippen LogP contribution >= 0.6 is 0 Å². The monoisotopic (exact) mass is 337 g/mol. The summed E-state index contributed by atoms with van der Waals surface area (Å²) in [5.41, 5.74) is 5.52. The molecular weight excluding hydrogens is 310 g/mol. The normalized spacial score (nSPS) is 16.0. The van der Waals surface area contributed by atoms with Crippen molar-refractivity contribution in [3.8, 4) is 0 Å². The molecule has 2 aromatic carbocycles. The van der Waals surface area contributed by atoms with Gasteiger partial charge in [0.15, 0.2) is 5.58 Å². The molecule has 0 bridgehead atoms. The summed E-state index contributed by atoms with van der Waals surface area (Å²) < 4.78 is 7.33. The second-order valence-electron chi connectivity index (χ2n) is 6.85. The average molecular weight is 337 g/mol. The summed E-state index contributed by atoms with van der Waals surface area (Å²) in [5.74, 6) is 0.828. The molecule has 25 heavy (non-hydrogen) atoms. The molecule has 1 atom stereocenters. The van der Waals surface area contributed by atoms with E-state index in [-0.39, 0.29) is 5.76 Å². The van der Waals surface area contributed by atoms with Crippen LogP contribution in [0.15, 0.2) is 51.7 Å². The van der Waals surface area contributed by atoms with Crippen LogP contribution in [0.4, 0.5) is 0 Å². The number of benzene rings is 2. The summed E-state index contributed by atoms with van der Waals surface area (Å²) >= 11 is 0. The predicted octanol–water partition coefficient (Wildman–Crippen LogP) is 5.35. The molecule has 0 fully saturated rings. The minimum atomic E-state index is -0.222. The second kappa shape index (κ2) is 7.30. The van der Waals surface area contributed by atoms with Crippen molar-refractivity contribution in [3.05, 3.63) is 69.7 Å². The summed E-state index contributed by atoms with van der Waals surface area (Å²) in [4.78, 5) is 12.1. The predicted molar refractivity (Wildman–Crippen MR) is 103 cm³/mol. The van der Waals surface area contributed by atoms with Gasteiger partial charge in [-0.1, -0.05) is 64.1 Å². The molecule has 1 unspecified atom stereocenters. The molecule has 1 aliphatic heterocycles. The van der Waals surface area contributed by atoms with Gasteiger partial charge in [0.2, 0.25) is 0 Å². The summed E-state index contributed by atoms with van der Waals surface area (Å²) in [6.07, 6.45) is 1.87. The van der Waals surface area contributed by atoms with Crippen LogP contribution in [0.1, 0.15) is 56.7 Å². The maximum Gasteiger partial charge on any atom is 0.419 e. The van der Waals surface area contributed by atoms with Crippen molar-refractivity contribution in [3.63, 3.8) is 0 Å². The molecule has 3 nitrogen and oxygen atoms in total. The van der Waals surface area contributed by atoms with E-state index in [1.807, 2.05) is 26.0 Å². The molecule has 1 aromatic heterocycles. The van der Waals surface area contributed by atoms with E-state index in [4.69, 9.17) is 4.42 Å². The summed E-state index contributed by atoms with van der Waals surface area (Å²) in [6, 6.07) is 14.7. The standard InChI is InChI=1S/C20H21NO2.C2H6/c1-13(2)16-8-9-21-19-17(16)11-15(12-18(19)23-20(21)22)10-14-6-4-3-5-7-14;1-2/h3-7,11-13,16H,8-10H2,1-2H3;1-2H3. The van der Waals surface area contributed by atoms with Crippen LogP contribution in [0.3, 0.4) is 0 Å². The van der Waals surface area contributed by atoms with Gasteiger partial charge in [-0.25, -0.2) is 4.79 Å². The highest BCUT2D eigenvalue weighted by Crippen LogP contribution is 2.38. The molecule has 3 heteroatoms. The number of oxazole rings is 1. The molecule has 0 aliphatic carbocycles. The lowest BCUT2D eigenvalue weighted by Crippen LogP contribution is -2.23. The first-order valence-corrected chi connectivity index (χ1v) is 9.33. The molecule has 1 aliphatic rings. The Labute approximate surface area is 149 Å². The van der Waals surface area contributed by atoms with Gasteiger partial charge in [-0.2, -0.15) is 0 Å². The van der Waals surface area contributed by atoms with Gasteiger partial charge in [-0.05, 0) is 47.4 Å². The summed E-state index contributed by atoms with van der Waals surface area (Å²) in [6.45, 7) is 9.28. The lowest BCUT2D eigenvalue weighted by Gasteiger charge is -2.27. The van der Waals surface area contributed by atoms with Crippen molar-refractivity contribution in [1.29, 1.82) is 0 Å². The van der Waals surface area contributed by atoms with E-state index in [1.54, 1.807) is 4.57 Å². The zero-order chi connectivity index (χ0) is 18.0. The smallest absolute Gasteiger partial charge is 0.408 e. The van der Waals surface area contributed by atoms with Gasteiger partial charge in [0.25, 0.3) is 0 Å². The fraction of sp³-hybridized carbons (Fsp3) is 0.409. The Kier molecular flexibility index (Phi) is 5.12. The number of hydrogen-bond donors (Lipinski definition) is 0. The van der Waals surface area contributed by atoms with Crippen LogP contribution in [0.25, 0.3) is 11.1 Å². The fourth-order valence-electron chi connectivity index (χ4n) is 3.83. The Hall–Kier alpha value is -2.29. The van der Waals surface area contributed by atoms with Gasteiger partial charge in [0, 0.05) is 6.54 Å². The first-order chi connectivity index (χ1) is 12.1. The van der Waals surface area contributed by atoms with E-state index in [9.17, 15) is 4.79 Å². The second-order valence-corrected chi connectivity index (χ2v) is 6.85. The quantitative estimate of drug-likeness (QED) is 0.645. The number of hydrogen-bond acceptors (Lipinski definition) is 2. The zero-order valence-electron chi connectivity index (χ0n) is 15.6. The molecule has 4 rings (SSSR count). The van der Waals surface area contributed by atoms with E-state index in [1.165, 1.54) is 16.7 Å². The van der Waals surface area contributed by atoms with Gasteiger partial charge >= 0.3 is 5.76 Å². The Morgan fingerprint density at radius 2 is 1.84 bits per heavy atom. The molecule has 0 N–H and O–H groups in total. The number of rotatable bonds is 3. The molecule has 0 saturated carbocycles. The highest BCUT2D eigenvalue weighted by atomic mass is 16.4. The molecule has 0 amide bonds. The van der Waals surface area contributed by atoms with E-state index >= 15 is 0 Å². The minimum absolute atomic E-state index is 0.222. The van der Waals surface area contributed by atoms with Crippen LogP contribution in [-0.4, -0.2) is 4.57 Å². The van der Waals surface area contributed by atoms with Crippen molar-refractivity contribution in [2.45, 2.75) is 53.0 Å². The van der Waals surface area contributed by atoms with Crippen molar-refractivity contribution in [2.75, 3.05) is 0 Å². The topological polar surface area (TPSA) is 35.1 Å². The lowest BCUT2D eigenvalue weighted by molar-refractivity contribution is 0.409. The van der Waals surface area contributed by atoms with Gasteiger partial charge < -0.3 is 4.42 Å². The maximum atomic E-state index is 12.1. The minimum Gasteiger partial charge on any atom is -0.408 e. The van der Waals surface area contributed by atoms with Crippen molar-refractivity contribution in [1.82, 2.24) is 4.57 Å². The molecule has 3 aromatic rings. The van der Waals surface area contributed by atoms with Crippen LogP contribution in [0, 0.1) is 5.92 Å². The van der Waals surface area contributed by atoms with Gasteiger partial charge in [-0.3, -0.25) is 4.57 Å². The first kappa shape index (κ1) is 17.5. The van der Waals surface area contributed by atoms with E-state index in [0.717, 1.165) is 30.5 Å². The molecule has 2 heterocycles. The highest BCUT2D eigenvalue weighted by molar-refractivity contribution is 5.79. The van der Waals surface area contributed by atoms with Crippen LogP contribution in [0.2, 0.25) is 0 Å². The van der Waals surface area contributed by atoms with Crippen molar-refractivity contribution < 1.29 is 4.42 Å². The SMILES string of the molecule is CC.CC(C)C1CCn2c(=O)oc3cc(Cc4ccccc4)cc1c32. The Bertz CT molecular complexity index is 903. The van der Waals surface area contributed by atoms with E-state index in [0.29, 0.717) is 11.8 Å². The molecular formula is C22H27NO2. The van der Waals surface area contributed by atoms with Gasteiger partial charge in [-0.15, -0.1) is 0 Å². The van der Waals surface area contributed by atoms with Crippen molar-refractivity contribution in [2.24, 2.45) is 5.92 Å². The van der Waals surface area contributed by atoms with Crippen molar-refractivity contribution >= 4 is 11.1 Å². The molecule has 0 radical (unpaired) electrons. The third-order valence-electron chi connectivity index (χ3n) is 4.97.